The Bertz CT molecular complexity index is 5280. The topological polar surface area (TPSA) is 338 Å². The third-order valence-electron chi connectivity index (χ3n) is 17.2. The van der Waals surface area contributed by atoms with Crippen LogP contribution in [0.1, 0.15) is 123 Å². The molecule has 3 aromatic carbocycles. The fraction of sp³-hybridized carbons (Fsp3) is 0.316. The second-order valence-electron chi connectivity index (χ2n) is 26.2. The van der Waals surface area contributed by atoms with Crippen molar-refractivity contribution in [1.82, 2.24) is 90.1 Å². The van der Waals surface area contributed by atoms with Gasteiger partial charge in [-0.25, -0.2) is 15.0 Å². The van der Waals surface area contributed by atoms with Crippen LogP contribution in [-0.2, 0) is 19.6 Å². The summed E-state index contributed by atoms with van der Waals surface area (Å²) in [4.78, 5) is 64.2. The van der Waals surface area contributed by atoms with E-state index in [9.17, 15) is 19.6 Å². The van der Waals surface area contributed by atoms with E-state index in [1.54, 1.807) is 87.9 Å². The second kappa shape index (κ2) is 31.8. The molecule has 0 spiro atoms. The van der Waals surface area contributed by atoms with Gasteiger partial charge in [-0.2, -0.15) is 5.26 Å². The number of hydrogen-bond acceptors (Lipinski definition) is 24. The molecular formula is C76H87N19O8. The minimum Gasteiger partial charge on any atom is -0.496 e. The first-order valence-electron chi connectivity index (χ1n) is 33.6. The summed E-state index contributed by atoms with van der Waals surface area (Å²) < 4.78 is 34.0. The molecule has 12 aromatic rings. The number of benzene rings is 3. The van der Waals surface area contributed by atoms with Crippen molar-refractivity contribution < 1.29 is 27.0 Å². The lowest BCUT2D eigenvalue weighted by molar-refractivity contribution is 0.306. The highest BCUT2D eigenvalue weighted by Crippen LogP contribution is 2.37. The van der Waals surface area contributed by atoms with Crippen molar-refractivity contribution in [2.45, 2.75) is 132 Å². The minimum absolute atomic E-state index is 0. The molecule has 1 atom stereocenters. The van der Waals surface area contributed by atoms with Gasteiger partial charge in [0.1, 0.15) is 34.6 Å². The van der Waals surface area contributed by atoms with E-state index in [4.69, 9.17) is 32.7 Å². The minimum atomic E-state index is -0.613. The quantitative estimate of drug-likeness (QED) is 0.0638. The Morgan fingerprint density at radius 1 is 0.534 bits per heavy atom. The zero-order chi connectivity index (χ0) is 73.2. The van der Waals surface area contributed by atoms with Crippen LogP contribution in [0.25, 0.3) is 103 Å². The molecule has 1 aliphatic rings. The highest BCUT2D eigenvalue weighted by atomic mass is 16.5. The summed E-state index contributed by atoms with van der Waals surface area (Å²) in [5.41, 5.74) is 13.8. The predicted octanol–water partition coefficient (Wildman–Crippen LogP) is 12.8. The number of methoxy groups -OCH3 is 2. The zero-order valence-corrected chi connectivity index (χ0v) is 60.0. The van der Waals surface area contributed by atoms with Gasteiger partial charge < -0.3 is 47.8 Å². The van der Waals surface area contributed by atoms with Gasteiger partial charge in [0.2, 0.25) is 5.89 Å². The van der Waals surface area contributed by atoms with Gasteiger partial charge >= 0.3 is 0 Å². The van der Waals surface area contributed by atoms with Crippen molar-refractivity contribution in [3.63, 3.8) is 0 Å². The summed E-state index contributed by atoms with van der Waals surface area (Å²) in [6.45, 7) is 21.7. The van der Waals surface area contributed by atoms with Crippen molar-refractivity contribution in [3.8, 4) is 120 Å². The summed E-state index contributed by atoms with van der Waals surface area (Å²) >= 11 is 0. The van der Waals surface area contributed by atoms with Gasteiger partial charge in [0.05, 0.1) is 84.2 Å². The number of nitrogens with zero attached hydrogens (tertiary/aromatic N) is 16. The molecule has 13 rings (SSSR count). The molecule has 1 aliphatic carbocycles. The van der Waals surface area contributed by atoms with E-state index in [1.165, 1.54) is 22.3 Å². The molecule has 534 valence electrons. The fourth-order valence-electron chi connectivity index (χ4n) is 11.2. The first kappa shape index (κ1) is 72.4. The number of hydrogen-bond donors (Lipinski definition) is 3. The Balaban J connectivity index is 0.000000198. The summed E-state index contributed by atoms with van der Waals surface area (Å²) in [5, 5.41) is 44.3. The van der Waals surface area contributed by atoms with E-state index in [0.717, 1.165) is 59.2 Å². The predicted molar refractivity (Wildman–Crippen MR) is 395 cm³/mol. The van der Waals surface area contributed by atoms with Crippen LogP contribution in [0.4, 0.5) is 0 Å². The maximum atomic E-state index is 12.3. The second-order valence-corrected chi connectivity index (χ2v) is 26.2. The third kappa shape index (κ3) is 16.8. The van der Waals surface area contributed by atoms with Crippen LogP contribution in [0.2, 0.25) is 0 Å². The van der Waals surface area contributed by atoms with Crippen molar-refractivity contribution in [2.24, 2.45) is 0 Å². The lowest BCUT2D eigenvalue weighted by Crippen LogP contribution is -2.35. The molecule has 1 fully saturated rings. The molecule has 1 unspecified atom stereocenters. The number of ether oxygens (including phenoxy) is 2. The van der Waals surface area contributed by atoms with E-state index in [1.807, 2.05) is 108 Å². The Kier molecular flexibility index (Phi) is 22.3. The molecule has 27 heteroatoms. The van der Waals surface area contributed by atoms with Gasteiger partial charge in [-0.05, 0) is 173 Å². The van der Waals surface area contributed by atoms with Crippen molar-refractivity contribution in [1.29, 1.82) is 5.26 Å². The molecule has 9 heterocycles. The maximum absolute atomic E-state index is 12.3. The van der Waals surface area contributed by atoms with Gasteiger partial charge in [0.15, 0.2) is 0 Å². The van der Waals surface area contributed by atoms with Crippen molar-refractivity contribution in [2.75, 3.05) is 28.3 Å². The third-order valence-corrected chi connectivity index (χ3v) is 17.2. The molecule has 1 saturated carbocycles. The monoisotopic (exact) mass is 1390 g/mol. The molecule has 103 heavy (non-hydrogen) atoms. The number of aromatic nitrogens is 15. The van der Waals surface area contributed by atoms with Crippen LogP contribution in [0, 0.1) is 39.0 Å². The van der Waals surface area contributed by atoms with Crippen molar-refractivity contribution in [3.05, 3.63) is 199 Å². The molecule has 0 aliphatic heterocycles. The fourth-order valence-corrected chi connectivity index (χ4v) is 11.2. The smallest absolute Gasteiger partial charge is 0.268 e. The van der Waals surface area contributed by atoms with Gasteiger partial charge in [-0.3, -0.25) is 33.9 Å². The van der Waals surface area contributed by atoms with Crippen LogP contribution < -0.4 is 42.1 Å². The molecule has 0 radical (unpaired) electrons. The van der Waals surface area contributed by atoms with Crippen LogP contribution in [0.15, 0.2) is 156 Å². The maximum Gasteiger partial charge on any atom is 0.268 e. The number of nitriles is 1. The molecule has 0 bridgehead atoms. The summed E-state index contributed by atoms with van der Waals surface area (Å²) in [6.07, 6.45) is 13.5. The lowest BCUT2D eigenvalue weighted by atomic mass is 9.92. The molecule has 27 nitrogen and oxygen atoms in total. The van der Waals surface area contributed by atoms with Gasteiger partial charge in [0.25, 0.3) is 46.1 Å². The van der Waals surface area contributed by atoms with Crippen LogP contribution in [0.5, 0.6) is 11.5 Å². The van der Waals surface area contributed by atoms with Crippen LogP contribution in [-0.4, -0.2) is 108 Å². The summed E-state index contributed by atoms with van der Waals surface area (Å²) in [7, 11) is 7.01. The number of pyridine rings is 3. The van der Waals surface area contributed by atoms with E-state index < -0.39 is 6.04 Å². The number of aryl methyl sites for hydroxylation is 4. The summed E-state index contributed by atoms with van der Waals surface area (Å²) in [5.74, 6) is 3.13. The Labute approximate surface area is 599 Å². The lowest BCUT2D eigenvalue weighted by Gasteiger charge is -2.27. The largest absolute Gasteiger partial charge is 0.496 e. The van der Waals surface area contributed by atoms with Gasteiger partial charge in [0, 0.05) is 101 Å². The average molecular weight is 1390 g/mol. The Morgan fingerprint density at radius 2 is 0.932 bits per heavy atom. The van der Waals surface area contributed by atoms with E-state index in [0.29, 0.717) is 116 Å². The first-order valence-corrected chi connectivity index (χ1v) is 33.6. The molecule has 0 saturated heterocycles. The standard InChI is InChI=1S/C27H32N6O3.C25H26N6O2.C24H23N7O3.3H2/c1-16(2)33-15-19(9-11-23(33)34)21-14-28-17(3)24(30-21)26-32-31-25(36-26)20-10-8-18(12-22(20)35-7)13-29-27(4,5)6;1-15-11-17(12-26-3)7-9-20(15)24-29-30-25(33-24)23-16(2)27-13-21(28-23)18-8-10-22(32)31(14-18)19-5-4-6-19;1-14(10-25)31-13-17(6-8-21(31)32)19-12-27-15(2)22(28-19)24-30-29-23(34-24)18-7-5-16(11-26-3)9-20(18)33-4;;;/h8-12,14-16,29H,13H2,1-7H3;7-11,13-14,19,26H,4-6,12H2,1-3H3;5-9,12-14,26H,11H2,1-4H3;3*1H. The molecule has 9 aromatic heterocycles. The normalized spacial score (nSPS) is 12.4. The van der Waals surface area contributed by atoms with Gasteiger partial charge in [-0.15, -0.1) is 30.6 Å². The molecule has 3 N–H and O–H groups in total. The van der Waals surface area contributed by atoms with E-state index >= 15 is 0 Å². The highest BCUT2D eigenvalue weighted by molar-refractivity contribution is 5.69. The van der Waals surface area contributed by atoms with Crippen molar-refractivity contribution >= 4 is 0 Å². The van der Waals surface area contributed by atoms with E-state index in [2.05, 4.69) is 99.4 Å². The molecule has 0 amide bonds. The molecular weight excluding hydrogens is 1310 g/mol. The number of nitrogens with one attached hydrogen (secondary N) is 3. The van der Waals surface area contributed by atoms with Crippen LogP contribution >= 0.6 is 0 Å². The Morgan fingerprint density at radius 3 is 1.34 bits per heavy atom. The SMILES string of the molecule is CNCc1ccc(-c2nnc(-c3nc(-c4ccc(=O)n(C(C)C#N)c4)cnc3C)o2)c(OC)c1.CNCc1ccc(-c2nnc(-c3nc(-c4ccc(=O)n(C5CCC5)c4)cnc3C)o2)c(C)c1.COc1cc(CNC(C)(C)C)ccc1-c1nnc(-c2nc(-c3ccc(=O)n(C(C)C)c3)cnc2C)o1.[HH].[HH].[HH]. The number of rotatable bonds is 20. The zero-order valence-electron chi connectivity index (χ0n) is 60.0. The van der Waals surface area contributed by atoms with Gasteiger partial charge in [-0.1, -0.05) is 24.3 Å². The summed E-state index contributed by atoms with van der Waals surface area (Å²) in [6, 6.07) is 29.3. The Hall–Kier alpha value is -11.9. The highest BCUT2D eigenvalue weighted by Gasteiger charge is 2.25. The van der Waals surface area contributed by atoms with E-state index in [-0.39, 0.29) is 50.4 Å². The first-order chi connectivity index (χ1) is 49.5. The van der Waals surface area contributed by atoms with Crippen LogP contribution in [0.3, 0.4) is 0 Å². The average Bonchev–Trinajstić information content (AvgIpc) is 1.38.